The molecule has 4 heteroatoms. The molecule has 3 nitrogen and oxygen atoms in total. The molecular weight excluding hydrogens is 795 g/mol. The van der Waals surface area contributed by atoms with E-state index in [0.29, 0.717) is 0 Å². The van der Waals surface area contributed by atoms with E-state index in [2.05, 4.69) is 217 Å². The molecule has 2 N–H and O–H groups in total. The quantitative estimate of drug-likeness (QED) is 0.185. The lowest BCUT2D eigenvalue weighted by Crippen LogP contribution is -2.39. The summed E-state index contributed by atoms with van der Waals surface area (Å²) in [6.45, 7) is 4.84. The second-order valence-corrected chi connectivity index (χ2v) is 19.9. The first-order valence-corrected chi connectivity index (χ1v) is 23.4. The number of benzene rings is 9. The highest BCUT2D eigenvalue weighted by Gasteiger charge is 2.60. The molecular formula is C60H41N3S. The molecule has 0 saturated carbocycles. The predicted octanol–water partition coefficient (Wildman–Crippen LogP) is 14.9. The van der Waals surface area contributed by atoms with Gasteiger partial charge in [-0.2, -0.15) is 0 Å². The standard InChI is InChI=1S/C60H41N3S/c1-59(2)46-29-24-36(58-61-49(34-14-5-3-6-15-34)32-50(62-58)35-16-7-4-8-17-35)30-45(46)39-26-25-37(31-48(39)59)63-51-33-53-54(43-19-10-12-23-52(43)64-53)44-28-27-42-41-21-13-20-40-38-18-9-11-22-47(38)60(63,56(40)41)57(42)55(44)51/h3-33,49,58,61-62H,1-2H3. The molecule has 3 atom stereocenters. The molecule has 0 amide bonds. The van der Waals surface area contributed by atoms with Crippen LogP contribution in [-0.2, 0) is 11.0 Å². The van der Waals surface area contributed by atoms with Gasteiger partial charge in [0.1, 0.15) is 11.7 Å². The second kappa shape index (κ2) is 12.3. The fraction of sp³-hybridized carbons (Fsp3) is 0.100. The molecule has 0 radical (unpaired) electrons. The van der Waals surface area contributed by atoms with Gasteiger partial charge in [0.15, 0.2) is 0 Å². The molecule has 1 spiro atoms. The fourth-order valence-electron chi connectivity index (χ4n) is 12.7. The van der Waals surface area contributed by atoms with Crippen molar-refractivity contribution in [1.29, 1.82) is 0 Å². The zero-order valence-corrected chi connectivity index (χ0v) is 36.2. The van der Waals surface area contributed by atoms with E-state index in [0.717, 1.165) is 5.70 Å². The van der Waals surface area contributed by atoms with E-state index in [9.17, 15) is 0 Å². The molecule has 0 fully saturated rings. The van der Waals surface area contributed by atoms with Crippen molar-refractivity contribution in [3.8, 4) is 33.4 Å². The average molecular weight is 836 g/mol. The van der Waals surface area contributed by atoms with Gasteiger partial charge in [-0.1, -0.05) is 166 Å². The van der Waals surface area contributed by atoms with Gasteiger partial charge < -0.3 is 10.2 Å². The Bertz CT molecular complexity index is 3730. The van der Waals surface area contributed by atoms with Crippen LogP contribution >= 0.6 is 11.3 Å². The van der Waals surface area contributed by atoms with Gasteiger partial charge in [-0.15, -0.1) is 11.3 Å². The highest BCUT2D eigenvalue weighted by atomic mass is 32.1. The lowest BCUT2D eigenvalue weighted by Gasteiger charge is -2.39. The second-order valence-electron chi connectivity index (χ2n) is 18.8. The number of hydrogen-bond acceptors (Lipinski definition) is 4. The van der Waals surface area contributed by atoms with Crippen molar-refractivity contribution in [2.24, 2.45) is 0 Å². The van der Waals surface area contributed by atoms with E-state index >= 15 is 0 Å². The van der Waals surface area contributed by atoms with Crippen molar-refractivity contribution < 1.29 is 0 Å². The van der Waals surface area contributed by atoms with Gasteiger partial charge in [0.25, 0.3) is 0 Å². The Labute approximate surface area is 376 Å². The van der Waals surface area contributed by atoms with Gasteiger partial charge in [-0.3, -0.25) is 5.32 Å². The molecule has 0 bridgehead atoms. The number of nitrogens with one attached hydrogen (secondary N) is 2. The number of fused-ring (bicyclic) bond motifs is 10. The van der Waals surface area contributed by atoms with Crippen LogP contribution in [0.25, 0.3) is 70.0 Å². The third-order valence-electron chi connectivity index (χ3n) is 15.4. The van der Waals surface area contributed by atoms with E-state index in [4.69, 9.17) is 0 Å². The van der Waals surface area contributed by atoms with Crippen molar-refractivity contribution in [2.75, 3.05) is 4.90 Å². The molecule has 10 aromatic rings. The van der Waals surface area contributed by atoms with Crippen molar-refractivity contribution in [2.45, 2.75) is 37.0 Å². The molecule has 302 valence electrons. The maximum atomic E-state index is 3.96. The third-order valence-corrected chi connectivity index (χ3v) is 16.5. The Hall–Kier alpha value is -7.24. The number of rotatable bonds is 4. The summed E-state index contributed by atoms with van der Waals surface area (Å²) in [5.74, 6) is 0. The summed E-state index contributed by atoms with van der Waals surface area (Å²) in [6.07, 6.45) is 2.25. The van der Waals surface area contributed by atoms with Gasteiger partial charge in [0, 0.05) is 53.5 Å². The molecule has 0 saturated heterocycles. The molecule has 64 heavy (non-hydrogen) atoms. The van der Waals surface area contributed by atoms with E-state index in [1.54, 1.807) is 0 Å². The zero-order chi connectivity index (χ0) is 42.1. The van der Waals surface area contributed by atoms with Crippen LogP contribution in [0.4, 0.5) is 11.4 Å². The van der Waals surface area contributed by atoms with E-state index in [1.165, 1.54) is 120 Å². The SMILES string of the molecule is CC1(C)c2ccc(C3NC(c4ccccc4)=CC(c4ccccc4)N3)cc2-c2ccc(N3c4cc5sc6ccccc6c5c5ccc6c(c45)C34c3ccccc3-c3cccc-6c34)cc21. The van der Waals surface area contributed by atoms with Gasteiger partial charge in [0.05, 0.1) is 11.7 Å². The van der Waals surface area contributed by atoms with Gasteiger partial charge in [-0.05, 0) is 109 Å². The third kappa shape index (κ3) is 4.30. The van der Waals surface area contributed by atoms with Crippen LogP contribution < -0.4 is 15.5 Å². The van der Waals surface area contributed by atoms with Crippen molar-refractivity contribution >= 4 is 59.4 Å². The summed E-state index contributed by atoms with van der Waals surface area (Å²) >= 11 is 1.92. The molecule has 2 aliphatic heterocycles. The van der Waals surface area contributed by atoms with Crippen molar-refractivity contribution in [1.82, 2.24) is 10.6 Å². The molecule has 9 aromatic carbocycles. The van der Waals surface area contributed by atoms with Crippen LogP contribution in [0.3, 0.4) is 0 Å². The highest BCUT2D eigenvalue weighted by Crippen LogP contribution is 2.71. The Morgan fingerprint density at radius 3 is 2.09 bits per heavy atom. The summed E-state index contributed by atoms with van der Waals surface area (Å²) in [5.41, 5.74) is 21.8. The average Bonchev–Trinajstić information content (AvgIpc) is 4.10. The smallest absolute Gasteiger partial charge is 0.124 e. The lowest BCUT2D eigenvalue weighted by atomic mass is 9.81. The lowest BCUT2D eigenvalue weighted by molar-refractivity contribution is 0.442. The topological polar surface area (TPSA) is 27.3 Å². The Morgan fingerprint density at radius 1 is 0.500 bits per heavy atom. The number of nitrogens with zero attached hydrogens (tertiary/aromatic N) is 1. The van der Waals surface area contributed by atoms with Crippen LogP contribution in [0.1, 0.15) is 70.6 Å². The van der Waals surface area contributed by atoms with Crippen LogP contribution in [0.5, 0.6) is 0 Å². The summed E-state index contributed by atoms with van der Waals surface area (Å²) in [5, 5.41) is 13.3. The summed E-state index contributed by atoms with van der Waals surface area (Å²) in [6, 6.07) is 68.8. The fourth-order valence-corrected chi connectivity index (χ4v) is 13.9. The predicted molar refractivity (Wildman–Crippen MR) is 266 cm³/mol. The largest absolute Gasteiger partial charge is 0.366 e. The Morgan fingerprint density at radius 2 is 1.22 bits per heavy atom. The first kappa shape index (κ1) is 35.2. The Balaban J connectivity index is 0.922. The molecule has 3 heterocycles. The van der Waals surface area contributed by atoms with Crippen molar-refractivity contribution in [3.63, 3.8) is 0 Å². The minimum Gasteiger partial charge on any atom is -0.366 e. The van der Waals surface area contributed by atoms with Crippen LogP contribution in [0.15, 0.2) is 188 Å². The normalized spacial score (nSPS) is 20.0. The summed E-state index contributed by atoms with van der Waals surface area (Å²) in [4.78, 5) is 2.76. The number of thiophene rings is 1. The van der Waals surface area contributed by atoms with Crippen LogP contribution in [-0.4, -0.2) is 0 Å². The Kier molecular flexibility index (Phi) is 6.75. The van der Waals surface area contributed by atoms with E-state index in [1.807, 2.05) is 11.3 Å². The minimum atomic E-state index is -0.479. The highest BCUT2D eigenvalue weighted by molar-refractivity contribution is 7.26. The van der Waals surface area contributed by atoms with E-state index < -0.39 is 5.54 Å². The van der Waals surface area contributed by atoms with Crippen LogP contribution in [0, 0.1) is 0 Å². The van der Waals surface area contributed by atoms with Gasteiger partial charge in [-0.25, -0.2) is 0 Å². The first-order valence-electron chi connectivity index (χ1n) is 22.6. The zero-order valence-electron chi connectivity index (χ0n) is 35.4. The molecule has 3 aliphatic carbocycles. The molecule has 5 aliphatic rings. The van der Waals surface area contributed by atoms with Gasteiger partial charge in [0.2, 0.25) is 0 Å². The molecule has 15 rings (SSSR count). The molecule has 3 unspecified atom stereocenters. The number of anilines is 2. The molecule has 1 aromatic heterocycles. The number of hydrogen-bond donors (Lipinski definition) is 2. The summed E-state index contributed by atoms with van der Waals surface area (Å²) in [7, 11) is 0. The van der Waals surface area contributed by atoms with E-state index in [-0.39, 0.29) is 17.6 Å². The maximum absolute atomic E-state index is 3.96. The monoisotopic (exact) mass is 835 g/mol. The maximum Gasteiger partial charge on any atom is 0.124 e. The van der Waals surface area contributed by atoms with Crippen molar-refractivity contribution in [3.05, 3.63) is 233 Å². The summed E-state index contributed by atoms with van der Waals surface area (Å²) < 4.78 is 2.68. The first-order chi connectivity index (χ1) is 31.5. The minimum absolute atomic E-state index is 0.0619. The van der Waals surface area contributed by atoms with Crippen LogP contribution in [0.2, 0.25) is 0 Å². The van der Waals surface area contributed by atoms with Gasteiger partial charge >= 0.3 is 0 Å².